The van der Waals surface area contributed by atoms with Crippen LogP contribution in [0.1, 0.15) is 51.9 Å². The van der Waals surface area contributed by atoms with Crippen LogP contribution in [0.5, 0.6) is 0 Å². The molecule has 2 saturated carbocycles. The Kier molecular flexibility index (Phi) is 6.33. The number of nitrogens with one attached hydrogen (secondary N) is 1. The molecule has 5 heteroatoms. The van der Waals surface area contributed by atoms with Gasteiger partial charge in [0.05, 0.1) is 6.61 Å². The molecule has 0 bridgehead atoms. The van der Waals surface area contributed by atoms with Crippen molar-refractivity contribution in [2.45, 2.75) is 70.1 Å². The normalized spacial score (nSPS) is 33.1. The van der Waals surface area contributed by atoms with E-state index < -0.39 is 0 Å². The molecule has 122 valence electrons. The molecule has 1 amide bonds. The predicted octanol–water partition coefficient (Wildman–Crippen LogP) is 2.36. The van der Waals surface area contributed by atoms with Gasteiger partial charge < -0.3 is 15.0 Å². The number of halogens is 1. The SMILES string of the molecule is CCC1CCC(N(C(=O)C2CNCCO2)C2CC2)CC1.Cl. The maximum Gasteiger partial charge on any atom is 0.253 e. The zero-order valence-electron chi connectivity index (χ0n) is 13.1. The summed E-state index contributed by atoms with van der Waals surface area (Å²) >= 11 is 0. The predicted molar refractivity (Wildman–Crippen MR) is 85.8 cm³/mol. The quantitative estimate of drug-likeness (QED) is 0.865. The van der Waals surface area contributed by atoms with E-state index in [9.17, 15) is 4.79 Å². The zero-order valence-corrected chi connectivity index (χ0v) is 13.9. The van der Waals surface area contributed by atoms with Gasteiger partial charge in [0, 0.05) is 25.2 Å². The Balaban J connectivity index is 0.00000161. The van der Waals surface area contributed by atoms with Crippen LogP contribution in [-0.2, 0) is 9.53 Å². The molecule has 0 aromatic carbocycles. The molecule has 0 aromatic heterocycles. The fraction of sp³-hybridized carbons (Fsp3) is 0.938. The van der Waals surface area contributed by atoms with Crippen molar-refractivity contribution in [3.8, 4) is 0 Å². The number of nitrogens with zero attached hydrogens (tertiary/aromatic N) is 1. The lowest BCUT2D eigenvalue weighted by molar-refractivity contribution is -0.149. The molecular weight excluding hydrogens is 288 g/mol. The summed E-state index contributed by atoms with van der Waals surface area (Å²) in [5.41, 5.74) is 0. The van der Waals surface area contributed by atoms with E-state index in [1.807, 2.05) is 0 Å². The molecule has 4 nitrogen and oxygen atoms in total. The molecule has 1 aliphatic heterocycles. The number of hydrogen-bond donors (Lipinski definition) is 1. The minimum atomic E-state index is -0.242. The molecule has 1 heterocycles. The lowest BCUT2D eigenvalue weighted by Crippen LogP contribution is -2.53. The van der Waals surface area contributed by atoms with Crippen molar-refractivity contribution >= 4 is 18.3 Å². The van der Waals surface area contributed by atoms with Crippen LogP contribution in [0.4, 0.5) is 0 Å². The van der Waals surface area contributed by atoms with Crippen LogP contribution in [-0.4, -0.2) is 48.7 Å². The van der Waals surface area contributed by atoms with E-state index in [2.05, 4.69) is 17.1 Å². The number of hydrogen-bond acceptors (Lipinski definition) is 3. The lowest BCUT2D eigenvalue weighted by Gasteiger charge is -2.39. The van der Waals surface area contributed by atoms with Crippen molar-refractivity contribution in [2.24, 2.45) is 5.92 Å². The van der Waals surface area contributed by atoms with E-state index in [1.54, 1.807) is 0 Å². The van der Waals surface area contributed by atoms with Crippen molar-refractivity contribution in [1.29, 1.82) is 0 Å². The first-order valence-corrected chi connectivity index (χ1v) is 8.44. The fourth-order valence-electron chi connectivity index (χ4n) is 3.73. The van der Waals surface area contributed by atoms with Crippen LogP contribution in [0.15, 0.2) is 0 Å². The minimum absolute atomic E-state index is 0. The summed E-state index contributed by atoms with van der Waals surface area (Å²) in [5.74, 6) is 1.13. The van der Waals surface area contributed by atoms with Gasteiger partial charge in [0.15, 0.2) is 0 Å². The maximum atomic E-state index is 12.8. The second kappa shape index (κ2) is 7.80. The summed E-state index contributed by atoms with van der Waals surface area (Å²) in [6.45, 7) is 4.51. The van der Waals surface area contributed by atoms with Gasteiger partial charge in [-0.05, 0) is 44.4 Å². The third-order valence-corrected chi connectivity index (χ3v) is 5.18. The fourth-order valence-corrected chi connectivity index (χ4v) is 3.73. The van der Waals surface area contributed by atoms with Crippen molar-refractivity contribution in [1.82, 2.24) is 10.2 Å². The van der Waals surface area contributed by atoms with Crippen LogP contribution in [0.25, 0.3) is 0 Å². The molecule has 1 N–H and O–H groups in total. The van der Waals surface area contributed by atoms with Crippen molar-refractivity contribution in [3.05, 3.63) is 0 Å². The standard InChI is InChI=1S/C16H28N2O2.ClH/c1-2-12-3-5-13(6-4-12)18(14-7-8-14)16(19)15-11-17-9-10-20-15;/h12-15,17H,2-11H2,1H3;1H. The highest BCUT2D eigenvalue weighted by atomic mass is 35.5. The van der Waals surface area contributed by atoms with Gasteiger partial charge in [-0.15, -0.1) is 12.4 Å². The average molecular weight is 317 g/mol. The summed E-state index contributed by atoms with van der Waals surface area (Å²) in [5, 5.41) is 3.28. The summed E-state index contributed by atoms with van der Waals surface area (Å²) < 4.78 is 5.68. The molecule has 0 aromatic rings. The second-order valence-corrected chi connectivity index (χ2v) is 6.62. The first-order valence-electron chi connectivity index (χ1n) is 8.44. The van der Waals surface area contributed by atoms with Crippen molar-refractivity contribution in [2.75, 3.05) is 19.7 Å². The van der Waals surface area contributed by atoms with Gasteiger partial charge in [0.25, 0.3) is 5.91 Å². The molecule has 21 heavy (non-hydrogen) atoms. The second-order valence-electron chi connectivity index (χ2n) is 6.62. The monoisotopic (exact) mass is 316 g/mol. The first-order chi connectivity index (χ1) is 9.79. The number of carbonyl (C=O) groups excluding carboxylic acids is 1. The van der Waals surface area contributed by atoms with Gasteiger partial charge in [0.1, 0.15) is 6.10 Å². The highest BCUT2D eigenvalue weighted by molar-refractivity contribution is 5.85. The molecular formula is C16H29ClN2O2. The Morgan fingerprint density at radius 2 is 1.76 bits per heavy atom. The van der Waals surface area contributed by atoms with Crippen LogP contribution < -0.4 is 5.32 Å². The molecule has 3 rings (SSSR count). The van der Waals surface area contributed by atoms with Crippen LogP contribution >= 0.6 is 12.4 Å². The third-order valence-electron chi connectivity index (χ3n) is 5.18. The number of rotatable bonds is 4. The molecule has 1 atom stereocenters. The Labute approximate surface area is 134 Å². The Hall–Kier alpha value is -0.320. The van der Waals surface area contributed by atoms with Gasteiger partial charge >= 0.3 is 0 Å². The summed E-state index contributed by atoms with van der Waals surface area (Å²) in [6, 6.07) is 0.986. The van der Waals surface area contributed by atoms with Crippen molar-refractivity contribution in [3.63, 3.8) is 0 Å². The van der Waals surface area contributed by atoms with Gasteiger partial charge in [0.2, 0.25) is 0 Å². The van der Waals surface area contributed by atoms with Gasteiger partial charge in [-0.2, -0.15) is 0 Å². The van der Waals surface area contributed by atoms with Crippen LogP contribution in [0.3, 0.4) is 0 Å². The molecule has 0 radical (unpaired) electrons. The molecule has 3 fully saturated rings. The smallest absolute Gasteiger partial charge is 0.253 e. The van der Waals surface area contributed by atoms with Crippen LogP contribution in [0.2, 0.25) is 0 Å². The molecule has 2 aliphatic carbocycles. The van der Waals surface area contributed by atoms with E-state index in [-0.39, 0.29) is 24.4 Å². The van der Waals surface area contributed by atoms with Gasteiger partial charge in [-0.25, -0.2) is 0 Å². The van der Waals surface area contributed by atoms with E-state index in [4.69, 9.17) is 4.74 Å². The molecule has 1 unspecified atom stereocenters. The van der Waals surface area contributed by atoms with E-state index in [0.717, 1.165) is 12.5 Å². The first kappa shape index (κ1) is 17.0. The summed E-state index contributed by atoms with van der Waals surface area (Å²) in [7, 11) is 0. The van der Waals surface area contributed by atoms with Crippen molar-refractivity contribution < 1.29 is 9.53 Å². The number of ether oxygens (including phenoxy) is 1. The number of amides is 1. The largest absolute Gasteiger partial charge is 0.366 e. The molecule has 0 spiro atoms. The maximum absolute atomic E-state index is 12.8. The summed E-state index contributed by atoms with van der Waals surface area (Å²) in [4.78, 5) is 15.0. The average Bonchev–Trinajstić information content (AvgIpc) is 3.34. The number of morpholine rings is 1. The zero-order chi connectivity index (χ0) is 13.9. The lowest BCUT2D eigenvalue weighted by atomic mass is 9.83. The Morgan fingerprint density at radius 1 is 1.14 bits per heavy atom. The van der Waals surface area contributed by atoms with E-state index in [0.29, 0.717) is 25.2 Å². The third kappa shape index (κ3) is 4.11. The Morgan fingerprint density at radius 3 is 2.24 bits per heavy atom. The van der Waals surface area contributed by atoms with Gasteiger partial charge in [-0.1, -0.05) is 13.3 Å². The highest BCUT2D eigenvalue weighted by Crippen LogP contribution is 2.36. The molecule has 3 aliphatic rings. The molecule has 1 saturated heterocycles. The van der Waals surface area contributed by atoms with E-state index in [1.165, 1.54) is 44.9 Å². The highest BCUT2D eigenvalue weighted by Gasteiger charge is 2.41. The Bertz CT molecular complexity index is 335. The van der Waals surface area contributed by atoms with E-state index >= 15 is 0 Å². The summed E-state index contributed by atoms with van der Waals surface area (Å²) in [6.07, 6.45) is 8.41. The minimum Gasteiger partial charge on any atom is -0.366 e. The van der Waals surface area contributed by atoms with Crippen LogP contribution in [0, 0.1) is 5.92 Å². The number of carbonyl (C=O) groups is 1. The van der Waals surface area contributed by atoms with Gasteiger partial charge in [-0.3, -0.25) is 4.79 Å². The topological polar surface area (TPSA) is 41.6 Å².